The van der Waals surface area contributed by atoms with Crippen molar-refractivity contribution in [2.24, 2.45) is 5.92 Å². The molecule has 0 fully saturated rings. The molecule has 0 amide bonds. The topological polar surface area (TPSA) is 26.3 Å². The van der Waals surface area contributed by atoms with Crippen LogP contribution in [-0.4, -0.2) is 5.97 Å². The van der Waals surface area contributed by atoms with Gasteiger partial charge in [0.15, 0.2) is 0 Å². The third-order valence-corrected chi connectivity index (χ3v) is 4.04. The third-order valence-electron chi connectivity index (χ3n) is 4.04. The number of carbonyl (C=O) groups excluding carboxylic acids is 1. The predicted octanol–water partition coefficient (Wildman–Crippen LogP) is 4.82. The smallest absolute Gasteiger partial charge is 0.308 e. The van der Waals surface area contributed by atoms with Crippen molar-refractivity contribution in [3.05, 3.63) is 35.4 Å². The molecule has 0 N–H and O–H groups in total. The molecule has 0 aliphatic heterocycles. The summed E-state index contributed by atoms with van der Waals surface area (Å²) < 4.78 is 5.77. The number of rotatable bonds is 2. The van der Waals surface area contributed by atoms with Gasteiger partial charge in [0.05, 0.1) is 5.92 Å². The van der Waals surface area contributed by atoms with Crippen LogP contribution in [0.2, 0.25) is 0 Å². The lowest BCUT2D eigenvalue weighted by molar-refractivity contribution is -0.153. The summed E-state index contributed by atoms with van der Waals surface area (Å²) in [7, 11) is 0. The Bertz CT molecular complexity index is 437. The van der Waals surface area contributed by atoms with E-state index in [0.717, 1.165) is 19.3 Å². The molecule has 0 saturated carbocycles. The quantitative estimate of drug-likeness (QED) is 0.722. The first-order valence-corrected chi connectivity index (χ1v) is 7.97. The maximum Gasteiger partial charge on any atom is 0.308 e. The zero-order chi connectivity index (χ0) is 14.4. The Kier molecular flexibility index (Phi) is 5.63. The molecule has 110 valence electrons. The van der Waals surface area contributed by atoms with E-state index in [4.69, 9.17) is 4.74 Å². The lowest BCUT2D eigenvalue weighted by Crippen LogP contribution is -2.17. The van der Waals surface area contributed by atoms with Gasteiger partial charge in [0.1, 0.15) is 6.10 Å². The van der Waals surface area contributed by atoms with Gasteiger partial charge in [0, 0.05) is 0 Å². The molecule has 1 aromatic rings. The van der Waals surface area contributed by atoms with Gasteiger partial charge in [-0.05, 0) is 36.8 Å². The molecule has 1 unspecified atom stereocenters. The number of aryl methyl sites for hydroxylation is 1. The van der Waals surface area contributed by atoms with E-state index in [-0.39, 0.29) is 18.0 Å². The fourth-order valence-corrected chi connectivity index (χ4v) is 2.81. The van der Waals surface area contributed by atoms with E-state index in [9.17, 15) is 4.79 Å². The molecule has 0 bridgehead atoms. The van der Waals surface area contributed by atoms with Gasteiger partial charge in [-0.1, -0.05) is 57.4 Å². The van der Waals surface area contributed by atoms with Crippen molar-refractivity contribution < 1.29 is 9.53 Å². The third kappa shape index (κ3) is 4.09. The fraction of sp³-hybridized carbons (Fsp3) is 0.611. The molecule has 2 heteroatoms. The number of esters is 1. The van der Waals surface area contributed by atoms with Crippen LogP contribution in [0.15, 0.2) is 24.3 Å². The van der Waals surface area contributed by atoms with Crippen LogP contribution in [0.4, 0.5) is 0 Å². The van der Waals surface area contributed by atoms with Crippen molar-refractivity contribution in [3.63, 3.8) is 0 Å². The Hall–Kier alpha value is -1.31. The molecular weight excluding hydrogens is 248 g/mol. The van der Waals surface area contributed by atoms with Crippen molar-refractivity contribution in [1.29, 1.82) is 0 Å². The fourth-order valence-electron chi connectivity index (χ4n) is 2.81. The minimum absolute atomic E-state index is 0.0563. The highest BCUT2D eigenvalue weighted by Gasteiger charge is 2.21. The zero-order valence-corrected chi connectivity index (χ0v) is 12.7. The molecule has 1 aliphatic carbocycles. The molecular formula is C18H26O2. The van der Waals surface area contributed by atoms with Crippen LogP contribution in [0, 0.1) is 5.92 Å². The molecule has 0 heterocycles. The van der Waals surface area contributed by atoms with E-state index in [2.05, 4.69) is 24.3 Å². The Morgan fingerprint density at radius 1 is 1.10 bits per heavy atom. The monoisotopic (exact) mass is 274 g/mol. The summed E-state index contributed by atoms with van der Waals surface area (Å²) >= 11 is 0. The molecule has 20 heavy (non-hydrogen) atoms. The van der Waals surface area contributed by atoms with E-state index in [1.54, 1.807) is 0 Å². The molecule has 1 aromatic carbocycles. The normalized spacial score (nSPS) is 20.2. The standard InChI is InChI=1S/C18H26O2/c1-14(2)18(19)20-17-13-7-5-3-4-6-10-15-11-8-9-12-16(15)17/h8-9,11-12,14,17H,3-7,10,13H2,1-2H3. The highest BCUT2D eigenvalue weighted by molar-refractivity contribution is 5.71. The van der Waals surface area contributed by atoms with E-state index in [1.807, 2.05) is 13.8 Å². The van der Waals surface area contributed by atoms with Gasteiger partial charge in [-0.2, -0.15) is 0 Å². The van der Waals surface area contributed by atoms with Crippen molar-refractivity contribution in [3.8, 4) is 0 Å². The number of ether oxygens (including phenoxy) is 1. The number of carbonyl (C=O) groups is 1. The molecule has 0 aromatic heterocycles. The average Bonchev–Trinajstić information content (AvgIpc) is 2.45. The lowest BCUT2D eigenvalue weighted by Gasteiger charge is -2.23. The maximum absolute atomic E-state index is 12.0. The molecule has 1 aliphatic rings. The first-order chi connectivity index (χ1) is 9.68. The molecule has 1 atom stereocenters. The van der Waals surface area contributed by atoms with Crippen LogP contribution in [0.5, 0.6) is 0 Å². The van der Waals surface area contributed by atoms with E-state index < -0.39 is 0 Å². The van der Waals surface area contributed by atoms with Crippen LogP contribution < -0.4 is 0 Å². The van der Waals surface area contributed by atoms with Gasteiger partial charge in [-0.15, -0.1) is 0 Å². The average molecular weight is 274 g/mol. The Balaban J connectivity index is 2.21. The van der Waals surface area contributed by atoms with E-state index >= 15 is 0 Å². The summed E-state index contributed by atoms with van der Waals surface area (Å²) in [6.07, 6.45) is 8.24. The maximum atomic E-state index is 12.0. The highest BCUT2D eigenvalue weighted by Crippen LogP contribution is 2.30. The summed E-state index contributed by atoms with van der Waals surface area (Å²) in [5, 5.41) is 0. The second kappa shape index (κ2) is 7.47. The Morgan fingerprint density at radius 3 is 2.60 bits per heavy atom. The van der Waals surface area contributed by atoms with Crippen LogP contribution in [0.25, 0.3) is 0 Å². The van der Waals surface area contributed by atoms with E-state index in [1.165, 1.54) is 36.8 Å². The van der Waals surface area contributed by atoms with Crippen molar-refractivity contribution >= 4 is 5.97 Å². The van der Waals surface area contributed by atoms with Crippen LogP contribution in [0.3, 0.4) is 0 Å². The Labute approximate surface area is 122 Å². The minimum Gasteiger partial charge on any atom is -0.457 e. The van der Waals surface area contributed by atoms with Crippen LogP contribution in [-0.2, 0) is 16.0 Å². The van der Waals surface area contributed by atoms with Crippen molar-refractivity contribution in [1.82, 2.24) is 0 Å². The molecule has 2 rings (SSSR count). The number of benzene rings is 1. The summed E-state index contributed by atoms with van der Waals surface area (Å²) in [5.41, 5.74) is 2.58. The summed E-state index contributed by atoms with van der Waals surface area (Å²) in [5.74, 6) is -0.139. The van der Waals surface area contributed by atoms with Gasteiger partial charge in [0.25, 0.3) is 0 Å². The number of hydrogen-bond acceptors (Lipinski definition) is 2. The van der Waals surface area contributed by atoms with Crippen LogP contribution >= 0.6 is 0 Å². The molecule has 0 spiro atoms. The zero-order valence-electron chi connectivity index (χ0n) is 12.7. The largest absolute Gasteiger partial charge is 0.457 e. The second-order valence-electron chi connectivity index (χ2n) is 6.09. The summed E-state index contributed by atoms with van der Waals surface area (Å²) in [6.45, 7) is 3.79. The minimum atomic E-state index is -0.0816. The van der Waals surface area contributed by atoms with Gasteiger partial charge >= 0.3 is 5.97 Å². The van der Waals surface area contributed by atoms with Gasteiger partial charge in [0.2, 0.25) is 0 Å². The first kappa shape index (κ1) is 15.1. The van der Waals surface area contributed by atoms with Gasteiger partial charge in [-0.3, -0.25) is 4.79 Å². The first-order valence-electron chi connectivity index (χ1n) is 7.97. The van der Waals surface area contributed by atoms with E-state index in [0.29, 0.717) is 0 Å². The summed E-state index contributed by atoms with van der Waals surface area (Å²) in [4.78, 5) is 12.0. The molecule has 0 radical (unpaired) electrons. The van der Waals surface area contributed by atoms with Gasteiger partial charge < -0.3 is 4.74 Å². The number of fused-ring (bicyclic) bond motifs is 1. The molecule has 0 saturated heterocycles. The SMILES string of the molecule is CC(C)C(=O)OC1CCCCCCCc2ccccc21. The van der Waals surface area contributed by atoms with Gasteiger partial charge in [-0.25, -0.2) is 0 Å². The predicted molar refractivity (Wildman–Crippen MR) is 81.5 cm³/mol. The second-order valence-corrected chi connectivity index (χ2v) is 6.09. The highest BCUT2D eigenvalue weighted by atomic mass is 16.5. The van der Waals surface area contributed by atoms with Crippen molar-refractivity contribution in [2.75, 3.05) is 0 Å². The van der Waals surface area contributed by atoms with Crippen LogP contribution in [0.1, 0.15) is 69.6 Å². The molecule has 2 nitrogen and oxygen atoms in total. The number of hydrogen-bond donors (Lipinski definition) is 0. The lowest BCUT2D eigenvalue weighted by atomic mass is 9.92. The van der Waals surface area contributed by atoms with Crippen molar-refractivity contribution in [2.45, 2.75) is 64.9 Å². The summed E-state index contributed by atoms with van der Waals surface area (Å²) in [6, 6.07) is 8.47. The Morgan fingerprint density at radius 2 is 1.80 bits per heavy atom.